The van der Waals surface area contributed by atoms with Gasteiger partial charge in [-0.25, -0.2) is 0 Å². The quantitative estimate of drug-likeness (QED) is 0.665. The van der Waals surface area contributed by atoms with Gasteiger partial charge >= 0.3 is 5.97 Å². The Morgan fingerprint density at radius 1 is 1.44 bits per heavy atom. The Kier molecular flexibility index (Phi) is 6.42. The molecule has 94 valence electrons. The van der Waals surface area contributed by atoms with Crippen LogP contribution in [0.2, 0.25) is 0 Å². The lowest BCUT2D eigenvalue weighted by molar-refractivity contribution is -0.142. The van der Waals surface area contributed by atoms with E-state index in [0.29, 0.717) is 19.1 Å². The van der Waals surface area contributed by atoms with Crippen molar-refractivity contribution in [3.63, 3.8) is 0 Å². The van der Waals surface area contributed by atoms with E-state index in [2.05, 4.69) is 0 Å². The minimum Gasteiger partial charge on any atom is -0.481 e. The van der Waals surface area contributed by atoms with E-state index in [-0.39, 0.29) is 5.92 Å². The van der Waals surface area contributed by atoms with Crippen molar-refractivity contribution >= 4 is 5.97 Å². The van der Waals surface area contributed by atoms with Crippen LogP contribution in [0.3, 0.4) is 0 Å². The molecule has 1 heterocycles. The molecule has 1 aliphatic rings. The van der Waals surface area contributed by atoms with Crippen molar-refractivity contribution in [1.29, 1.82) is 0 Å². The summed E-state index contributed by atoms with van der Waals surface area (Å²) in [5.41, 5.74) is 5.39. The zero-order valence-corrected chi connectivity index (χ0v) is 9.86. The number of hydrogen-bond acceptors (Lipinski definition) is 3. The highest BCUT2D eigenvalue weighted by atomic mass is 16.5. The third kappa shape index (κ3) is 4.94. The lowest BCUT2D eigenvalue weighted by atomic mass is 9.95. The SMILES string of the molecule is NCCCC(CCCC1CCCO1)C(=O)O. The number of aliphatic carboxylic acids is 1. The van der Waals surface area contributed by atoms with E-state index >= 15 is 0 Å². The molecular formula is C12H23NO3. The molecule has 16 heavy (non-hydrogen) atoms. The van der Waals surface area contributed by atoms with Gasteiger partial charge in [0.1, 0.15) is 0 Å². The normalized spacial score (nSPS) is 22.2. The maximum atomic E-state index is 11.0. The second-order valence-electron chi connectivity index (χ2n) is 4.53. The van der Waals surface area contributed by atoms with Crippen LogP contribution in [0.1, 0.15) is 44.9 Å². The highest BCUT2D eigenvalue weighted by molar-refractivity contribution is 5.69. The lowest BCUT2D eigenvalue weighted by Gasteiger charge is -2.13. The molecule has 0 spiro atoms. The van der Waals surface area contributed by atoms with E-state index in [1.165, 1.54) is 0 Å². The Hall–Kier alpha value is -0.610. The maximum Gasteiger partial charge on any atom is 0.306 e. The average molecular weight is 229 g/mol. The van der Waals surface area contributed by atoms with Crippen molar-refractivity contribution in [1.82, 2.24) is 0 Å². The van der Waals surface area contributed by atoms with Crippen LogP contribution in [0, 0.1) is 5.92 Å². The van der Waals surface area contributed by atoms with Gasteiger partial charge in [0.2, 0.25) is 0 Å². The van der Waals surface area contributed by atoms with Gasteiger partial charge in [-0.15, -0.1) is 0 Å². The zero-order valence-electron chi connectivity index (χ0n) is 9.86. The zero-order chi connectivity index (χ0) is 11.8. The minimum absolute atomic E-state index is 0.218. The summed E-state index contributed by atoms with van der Waals surface area (Å²) in [6.07, 6.45) is 6.90. The molecule has 0 aromatic rings. The summed E-state index contributed by atoms with van der Waals surface area (Å²) in [5.74, 6) is -0.897. The Bertz CT molecular complexity index is 202. The molecule has 0 amide bonds. The predicted octanol–water partition coefficient (Wildman–Crippen LogP) is 1.78. The molecule has 0 aromatic heterocycles. The standard InChI is InChI=1S/C12H23NO3/c13-8-2-5-10(12(14)15)4-1-6-11-7-3-9-16-11/h10-11H,1-9,13H2,(H,14,15). The minimum atomic E-state index is -0.680. The highest BCUT2D eigenvalue weighted by Crippen LogP contribution is 2.21. The molecular weight excluding hydrogens is 206 g/mol. The van der Waals surface area contributed by atoms with Crippen molar-refractivity contribution in [3.8, 4) is 0 Å². The van der Waals surface area contributed by atoms with Crippen LogP contribution in [0.25, 0.3) is 0 Å². The number of nitrogens with two attached hydrogens (primary N) is 1. The fraction of sp³-hybridized carbons (Fsp3) is 0.917. The summed E-state index contributed by atoms with van der Waals surface area (Å²) in [7, 11) is 0. The van der Waals surface area contributed by atoms with Crippen LogP contribution in [-0.2, 0) is 9.53 Å². The summed E-state index contributed by atoms with van der Waals surface area (Å²) in [6.45, 7) is 1.45. The van der Waals surface area contributed by atoms with Gasteiger partial charge in [-0.05, 0) is 45.1 Å². The first-order valence-electron chi connectivity index (χ1n) is 6.28. The number of ether oxygens (including phenoxy) is 1. The van der Waals surface area contributed by atoms with Gasteiger partial charge in [0.15, 0.2) is 0 Å². The van der Waals surface area contributed by atoms with Gasteiger partial charge in [0, 0.05) is 6.61 Å². The third-order valence-corrected chi connectivity index (χ3v) is 3.21. The van der Waals surface area contributed by atoms with Gasteiger partial charge in [-0.3, -0.25) is 4.79 Å². The van der Waals surface area contributed by atoms with Gasteiger partial charge in [0.05, 0.1) is 12.0 Å². The summed E-state index contributed by atoms with van der Waals surface area (Å²) in [5, 5.41) is 9.02. The van der Waals surface area contributed by atoms with Gasteiger partial charge in [0.25, 0.3) is 0 Å². The van der Waals surface area contributed by atoms with E-state index in [0.717, 1.165) is 45.1 Å². The van der Waals surface area contributed by atoms with Crippen LogP contribution in [-0.4, -0.2) is 30.3 Å². The second-order valence-corrected chi connectivity index (χ2v) is 4.53. The Balaban J connectivity index is 2.13. The number of carboxylic acid groups (broad SMARTS) is 1. The van der Waals surface area contributed by atoms with Crippen molar-refractivity contribution < 1.29 is 14.6 Å². The summed E-state index contributed by atoms with van der Waals surface area (Å²) in [4.78, 5) is 11.0. The predicted molar refractivity (Wildman–Crippen MR) is 62.2 cm³/mol. The Labute approximate surface area is 97.2 Å². The largest absolute Gasteiger partial charge is 0.481 e. The monoisotopic (exact) mass is 229 g/mol. The molecule has 0 saturated carbocycles. The maximum absolute atomic E-state index is 11.0. The fourth-order valence-electron chi connectivity index (χ4n) is 2.22. The molecule has 0 bridgehead atoms. The van der Waals surface area contributed by atoms with Gasteiger partial charge in [-0.1, -0.05) is 6.42 Å². The van der Waals surface area contributed by atoms with Crippen LogP contribution < -0.4 is 5.73 Å². The van der Waals surface area contributed by atoms with Crippen molar-refractivity contribution in [3.05, 3.63) is 0 Å². The van der Waals surface area contributed by atoms with Crippen LogP contribution in [0.4, 0.5) is 0 Å². The molecule has 3 N–H and O–H groups in total. The topological polar surface area (TPSA) is 72.5 Å². The second kappa shape index (κ2) is 7.63. The summed E-state index contributed by atoms with van der Waals surface area (Å²) >= 11 is 0. The molecule has 1 rings (SSSR count). The first-order valence-corrected chi connectivity index (χ1v) is 6.28. The molecule has 2 unspecified atom stereocenters. The molecule has 1 aliphatic heterocycles. The van der Waals surface area contributed by atoms with Crippen LogP contribution in [0.15, 0.2) is 0 Å². The van der Waals surface area contributed by atoms with Gasteiger partial charge in [-0.2, -0.15) is 0 Å². The molecule has 0 aliphatic carbocycles. The Morgan fingerprint density at radius 3 is 2.75 bits per heavy atom. The molecule has 4 heteroatoms. The highest BCUT2D eigenvalue weighted by Gasteiger charge is 2.19. The van der Waals surface area contributed by atoms with Gasteiger partial charge < -0.3 is 15.6 Å². The Morgan fingerprint density at radius 2 is 2.19 bits per heavy atom. The first kappa shape index (κ1) is 13.5. The lowest BCUT2D eigenvalue weighted by Crippen LogP contribution is -2.16. The van der Waals surface area contributed by atoms with E-state index in [9.17, 15) is 4.79 Å². The number of hydrogen-bond donors (Lipinski definition) is 2. The van der Waals surface area contributed by atoms with Crippen LogP contribution >= 0.6 is 0 Å². The third-order valence-electron chi connectivity index (χ3n) is 3.21. The average Bonchev–Trinajstić information content (AvgIpc) is 2.75. The smallest absolute Gasteiger partial charge is 0.306 e. The molecule has 1 fully saturated rings. The van der Waals surface area contributed by atoms with Crippen molar-refractivity contribution in [2.75, 3.05) is 13.2 Å². The van der Waals surface area contributed by atoms with Crippen molar-refractivity contribution in [2.45, 2.75) is 51.0 Å². The van der Waals surface area contributed by atoms with E-state index in [4.69, 9.17) is 15.6 Å². The number of rotatable bonds is 8. The summed E-state index contributed by atoms with van der Waals surface area (Å²) < 4.78 is 5.51. The molecule has 0 radical (unpaired) electrons. The summed E-state index contributed by atoms with van der Waals surface area (Å²) in [6, 6.07) is 0. The van der Waals surface area contributed by atoms with E-state index in [1.54, 1.807) is 0 Å². The number of carbonyl (C=O) groups is 1. The van der Waals surface area contributed by atoms with E-state index < -0.39 is 5.97 Å². The first-order chi connectivity index (χ1) is 7.74. The van der Waals surface area contributed by atoms with Crippen molar-refractivity contribution in [2.24, 2.45) is 11.7 Å². The molecule has 4 nitrogen and oxygen atoms in total. The number of carboxylic acids is 1. The molecule has 2 atom stereocenters. The van der Waals surface area contributed by atoms with E-state index in [1.807, 2.05) is 0 Å². The van der Waals surface area contributed by atoms with Crippen LogP contribution in [0.5, 0.6) is 0 Å². The molecule has 0 aromatic carbocycles. The fourth-order valence-corrected chi connectivity index (χ4v) is 2.22. The molecule has 1 saturated heterocycles.